The summed E-state index contributed by atoms with van der Waals surface area (Å²) < 4.78 is 0. The topological polar surface area (TPSA) is 69.6 Å². The van der Waals surface area contributed by atoms with E-state index in [4.69, 9.17) is 16.7 Å². The molecule has 1 rings (SSSR count). The van der Waals surface area contributed by atoms with Gasteiger partial charge in [-0.1, -0.05) is 23.7 Å². The molecule has 5 nitrogen and oxygen atoms in total. The molecule has 0 atom stereocenters. The van der Waals surface area contributed by atoms with Crippen molar-refractivity contribution in [1.29, 1.82) is 0 Å². The van der Waals surface area contributed by atoms with Gasteiger partial charge in [-0.3, -0.25) is 14.5 Å². The molecule has 0 unspecified atom stereocenters. The van der Waals surface area contributed by atoms with Gasteiger partial charge in [0.1, 0.15) is 0 Å². The molecule has 0 saturated carbocycles. The van der Waals surface area contributed by atoms with E-state index in [1.54, 1.807) is 24.1 Å². The van der Waals surface area contributed by atoms with Crippen molar-refractivity contribution in [2.75, 3.05) is 20.1 Å². The first-order valence-electron chi connectivity index (χ1n) is 5.89. The summed E-state index contributed by atoms with van der Waals surface area (Å²) >= 11 is 5.84. The highest BCUT2D eigenvalue weighted by Crippen LogP contribution is 2.10. The Balaban J connectivity index is 0.00000361. The van der Waals surface area contributed by atoms with E-state index in [1.807, 2.05) is 12.1 Å². The Morgan fingerprint density at radius 3 is 2.70 bits per heavy atom. The van der Waals surface area contributed by atoms with Crippen molar-refractivity contribution in [2.45, 2.75) is 13.0 Å². The van der Waals surface area contributed by atoms with Crippen LogP contribution in [0.5, 0.6) is 0 Å². The minimum absolute atomic E-state index is 0. The van der Waals surface area contributed by atoms with Crippen LogP contribution in [0.2, 0.25) is 5.02 Å². The Kier molecular flexibility index (Phi) is 8.96. The molecule has 0 aliphatic heterocycles. The average molecular weight is 321 g/mol. The van der Waals surface area contributed by atoms with Gasteiger partial charge in [-0.15, -0.1) is 12.4 Å². The van der Waals surface area contributed by atoms with Crippen LogP contribution in [0.4, 0.5) is 0 Å². The van der Waals surface area contributed by atoms with E-state index in [2.05, 4.69) is 5.32 Å². The van der Waals surface area contributed by atoms with Gasteiger partial charge in [-0.2, -0.15) is 0 Å². The lowest BCUT2D eigenvalue weighted by atomic mass is 10.2. The quantitative estimate of drug-likeness (QED) is 0.803. The summed E-state index contributed by atoms with van der Waals surface area (Å²) in [6, 6.07) is 7.26. The molecule has 2 N–H and O–H groups in total. The standard InChI is InChI=1S/C13H17ClN2O3.ClH/c1-16(6-5-13(18)19)9-12(17)15-8-10-3-2-4-11(14)7-10;/h2-4,7H,5-6,8-9H2,1H3,(H,15,17)(H,18,19);1H. The lowest BCUT2D eigenvalue weighted by Gasteiger charge is -2.15. The second-order valence-electron chi connectivity index (χ2n) is 4.29. The number of benzene rings is 1. The Morgan fingerprint density at radius 2 is 2.10 bits per heavy atom. The van der Waals surface area contributed by atoms with E-state index in [-0.39, 0.29) is 31.3 Å². The fraction of sp³-hybridized carbons (Fsp3) is 0.385. The van der Waals surface area contributed by atoms with Crippen molar-refractivity contribution in [1.82, 2.24) is 10.2 Å². The van der Waals surface area contributed by atoms with E-state index < -0.39 is 5.97 Å². The zero-order chi connectivity index (χ0) is 14.3. The Hall–Kier alpha value is -1.30. The molecule has 1 aromatic carbocycles. The van der Waals surface area contributed by atoms with Gasteiger partial charge < -0.3 is 10.4 Å². The van der Waals surface area contributed by atoms with Gasteiger partial charge in [-0.05, 0) is 24.7 Å². The summed E-state index contributed by atoms with van der Waals surface area (Å²) in [5.41, 5.74) is 0.925. The molecule has 0 aromatic heterocycles. The van der Waals surface area contributed by atoms with Gasteiger partial charge >= 0.3 is 5.97 Å². The first-order chi connectivity index (χ1) is 8.97. The molecule has 1 amide bonds. The number of likely N-dealkylation sites (N-methyl/N-ethyl adjacent to an activating group) is 1. The fourth-order valence-corrected chi connectivity index (χ4v) is 1.73. The van der Waals surface area contributed by atoms with Crippen molar-refractivity contribution in [2.24, 2.45) is 0 Å². The number of carboxylic acids is 1. The first-order valence-corrected chi connectivity index (χ1v) is 6.26. The first kappa shape index (κ1) is 18.7. The van der Waals surface area contributed by atoms with E-state index in [9.17, 15) is 9.59 Å². The second kappa shape index (κ2) is 9.58. The third kappa shape index (κ3) is 7.99. The highest BCUT2D eigenvalue weighted by Gasteiger charge is 2.07. The van der Waals surface area contributed by atoms with Gasteiger partial charge in [0.15, 0.2) is 0 Å². The molecule has 0 fully saturated rings. The average Bonchev–Trinajstić information content (AvgIpc) is 2.34. The summed E-state index contributed by atoms with van der Waals surface area (Å²) in [4.78, 5) is 23.7. The molecule has 7 heteroatoms. The number of hydrogen-bond acceptors (Lipinski definition) is 3. The van der Waals surface area contributed by atoms with Crippen molar-refractivity contribution in [3.05, 3.63) is 34.9 Å². The molecule has 1 aromatic rings. The van der Waals surface area contributed by atoms with E-state index >= 15 is 0 Å². The largest absolute Gasteiger partial charge is 0.481 e. The molecule has 0 aliphatic rings. The van der Waals surface area contributed by atoms with Crippen LogP contribution >= 0.6 is 24.0 Å². The zero-order valence-electron chi connectivity index (χ0n) is 11.1. The molecule has 0 spiro atoms. The van der Waals surface area contributed by atoms with Gasteiger partial charge in [0.25, 0.3) is 0 Å². The zero-order valence-corrected chi connectivity index (χ0v) is 12.7. The van der Waals surface area contributed by atoms with Crippen LogP contribution in [0, 0.1) is 0 Å². The van der Waals surface area contributed by atoms with Crippen LogP contribution in [-0.4, -0.2) is 42.0 Å². The van der Waals surface area contributed by atoms with Gasteiger partial charge in [0.2, 0.25) is 5.91 Å². The van der Waals surface area contributed by atoms with Crippen LogP contribution < -0.4 is 5.32 Å². The second-order valence-corrected chi connectivity index (χ2v) is 4.72. The van der Waals surface area contributed by atoms with E-state index in [0.29, 0.717) is 18.1 Å². The Labute approximate surface area is 129 Å². The van der Waals surface area contributed by atoms with Crippen molar-refractivity contribution in [3.63, 3.8) is 0 Å². The summed E-state index contributed by atoms with van der Waals surface area (Å²) in [6.45, 7) is 0.930. The van der Waals surface area contributed by atoms with Crippen LogP contribution in [0.1, 0.15) is 12.0 Å². The number of carboxylic acid groups (broad SMARTS) is 1. The minimum atomic E-state index is -0.869. The molecule has 0 saturated heterocycles. The van der Waals surface area contributed by atoms with Crippen LogP contribution in [0.15, 0.2) is 24.3 Å². The molecular weight excluding hydrogens is 303 g/mol. The SMILES string of the molecule is CN(CCC(=O)O)CC(=O)NCc1cccc(Cl)c1.Cl. The molecule has 0 aliphatic carbocycles. The number of carbonyl (C=O) groups is 2. The lowest BCUT2D eigenvalue weighted by molar-refractivity contribution is -0.137. The molecular formula is C13H18Cl2N2O3. The lowest BCUT2D eigenvalue weighted by Crippen LogP contribution is -2.35. The monoisotopic (exact) mass is 320 g/mol. The smallest absolute Gasteiger partial charge is 0.304 e. The molecule has 0 heterocycles. The fourth-order valence-electron chi connectivity index (χ4n) is 1.51. The number of rotatable bonds is 7. The highest BCUT2D eigenvalue weighted by atomic mass is 35.5. The number of amides is 1. The summed E-state index contributed by atoms with van der Waals surface area (Å²) in [7, 11) is 1.71. The number of carbonyl (C=O) groups excluding carboxylic acids is 1. The number of nitrogens with zero attached hydrogens (tertiary/aromatic N) is 1. The Bertz CT molecular complexity index is 455. The Morgan fingerprint density at radius 1 is 1.40 bits per heavy atom. The molecule has 20 heavy (non-hydrogen) atoms. The van der Waals surface area contributed by atoms with Crippen molar-refractivity contribution >= 4 is 35.9 Å². The number of halogens is 2. The third-order valence-corrected chi connectivity index (χ3v) is 2.73. The predicted molar refractivity (Wildman–Crippen MR) is 80.3 cm³/mol. The summed E-state index contributed by atoms with van der Waals surface area (Å²) in [6.07, 6.45) is 0.0259. The van der Waals surface area contributed by atoms with Crippen LogP contribution in [0.25, 0.3) is 0 Å². The van der Waals surface area contributed by atoms with E-state index in [0.717, 1.165) is 5.56 Å². The van der Waals surface area contributed by atoms with Crippen molar-refractivity contribution < 1.29 is 14.7 Å². The van der Waals surface area contributed by atoms with E-state index in [1.165, 1.54) is 0 Å². The molecule has 0 radical (unpaired) electrons. The van der Waals surface area contributed by atoms with Crippen LogP contribution in [0.3, 0.4) is 0 Å². The van der Waals surface area contributed by atoms with Gasteiger partial charge in [-0.25, -0.2) is 0 Å². The highest BCUT2D eigenvalue weighted by molar-refractivity contribution is 6.30. The maximum Gasteiger partial charge on any atom is 0.304 e. The minimum Gasteiger partial charge on any atom is -0.481 e. The predicted octanol–water partition coefficient (Wildman–Crippen LogP) is 1.78. The molecule has 112 valence electrons. The number of nitrogens with one attached hydrogen (secondary N) is 1. The number of hydrogen-bond donors (Lipinski definition) is 2. The van der Waals surface area contributed by atoms with Crippen molar-refractivity contribution in [3.8, 4) is 0 Å². The van der Waals surface area contributed by atoms with Gasteiger partial charge in [0, 0.05) is 18.1 Å². The normalized spacial score (nSPS) is 9.95. The third-order valence-electron chi connectivity index (χ3n) is 2.50. The van der Waals surface area contributed by atoms with Crippen LogP contribution in [-0.2, 0) is 16.1 Å². The van der Waals surface area contributed by atoms with Gasteiger partial charge in [0.05, 0.1) is 13.0 Å². The maximum absolute atomic E-state index is 11.6. The number of aliphatic carboxylic acids is 1. The summed E-state index contributed by atoms with van der Waals surface area (Å²) in [5.74, 6) is -1.01. The summed E-state index contributed by atoms with van der Waals surface area (Å²) in [5, 5.41) is 11.9. The molecule has 0 bridgehead atoms. The maximum atomic E-state index is 11.6.